The van der Waals surface area contributed by atoms with Crippen molar-refractivity contribution >= 4 is 6.03 Å². The van der Waals surface area contributed by atoms with Gasteiger partial charge in [-0.1, -0.05) is 12.8 Å². The van der Waals surface area contributed by atoms with Gasteiger partial charge in [-0.05, 0) is 32.1 Å². The molecule has 2 amide bonds. The minimum atomic E-state index is -1.13. The molecule has 3 N–H and O–H groups in total. The molecule has 2 heterocycles. The molecular weight excluding hydrogens is 318 g/mol. The summed E-state index contributed by atoms with van der Waals surface area (Å²) < 4.78 is 1.64. The van der Waals surface area contributed by atoms with E-state index in [1.54, 1.807) is 31.0 Å². The van der Waals surface area contributed by atoms with Gasteiger partial charge in [0.05, 0.1) is 12.7 Å². The van der Waals surface area contributed by atoms with Gasteiger partial charge in [0, 0.05) is 44.5 Å². The molecule has 1 aromatic rings. The van der Waals surface area contributed by atoms with Gasteiger partial charge in [-0.2, -0.15) is 5.10 Å². The molecule has 0 unspecified atom stereocenters. The van der Waals surface area contributed by atoms with Crippen LogP contribution in [-0.2, 0) is 12.6 Å². The lowest BCUT2D eigenvalue weighted by molar-refractivity contribution is 0.0592. The van der Waals surface area contributed by atoms with E-state index < -0.39 is 5.60 Å². The number of aromatic nitrogens is 2. The molecule has 1 aliphatic carbocycles. The first kappa shape index (κ1) is 18.2. The molecule has 0 aromatic carbocycles. The summed E-state index contributed by atoms with van der Waals surface area (Å²) in [6, 6.07) is -0.0124. The van der Waals surface area contributed by atoms with Gasteiger partial charge in [0.15, 0.2) is 0 Å². The highest BCUT2D eigenvalue weighted by atomic mass is 16.3. The van der Waals surface area contributed by atoms with Gasteiger partial charge in [0.2, 0.25) is 0 Å². The van der Waals surface area contributed by atoms with Crippen molar-refractivity contribution in [2.24, 2.45) is 13.0 Å². The zero-order valence-corrected chi connectivity index (χ0v) is 15.4. The average molecular weight is 349 g/mol. The first-order valence-electron chi connectivity index (χ1n) is 9.40. The molecule has 1 aromatic heterocycles. The van der Waals surface area contributed by atoms with E-state index in [0.717, 1.165) is 25.4 Å². The summed E-state index contributed by atoms with van der Waals surface area (Å²) in [5, 5.41) is 20.4. The number of carbonyl (C=O) groups excluding carboxylic acids is 1. The van der Waals surface area contributed by atoms with Crippen LogP contribution in [-0.4, -0.2) is 58.0 Å². The molecule has 0 bridgehead atoms. The van der Waals surface area contributed by atoms with E-state index in [1.807, 2.05) is 0 Å². The largest absolute Gasteiger partial charge is 0.383 e. The van der Waals surface area contributed by atoms with Crippen molar-refractivity contribution in [1.29, 1.82) is 0 Å². The van der Waals surface area contributed by atoms with E-state index in [0.29, 0.717) is 5.56 Å². The molecular formula is C18H31N5O2. The Morgan fingerprint density at radius 1 is 1.40 bits per heavy atom. The smallest absolute Gasteiger partial charge is 0.315 e. The molecule has 3 rings (SSSR count). The number of carbonyl (C=O) groups is 1. The molecule has 140 valence electrons. The number of urea groups is 1. The zero-order valence-electron chi connectivity index (χ0n) is 15.4. The number of aliphatic hydroxyl groups is 1. The number of amides is 2. The molecule has 2 atom stereocenters. The number of hydrogen-bond donors (Lipinski definition) is 3. The van der Waals surface area contributed by atoms with Crippen molar-refractivity contribution in [1.82, 2.24) is 25.3 Å². The van der Waals surface area contributed by atoms with Crippen molar-refractivity contribution in [3.8, 4) is 0 Å². The van der Waals surface area contributed by atoms with Gasteiger partial charge in [0.1, 0.15) is 5.60 Å². The van der Waals surface area contributed by atoms with Crippen LogP contribution in [0.4, 0.5) is 4.79 Å². The maximum atomic E-state index is 12.2. The van der Waals surface area contributed by atoms with E-state index in [1.165, 1.54) is 32.2 Å². The summed E-state index contributed by atoms with van der Waals surface area (Å²) >= 11 is 0. The second-order valence-electron chi connectivity index (χ2n) is 7.90. The summed E-state index contributed by atoms with van der Waals surface area (Å²) in [7, 11) is 1.80. The summed E-state index contributed by atoms with van der Waals surface area (Å²) in [6.07, 6.45) is 9.85. The molecule has 1 aliphatic heterocycles. The lowest BCUT2D eigenvalue weighted by Crippen LogP contribution is -2.47. The van der Waals surface area contributed by atoms with E-state index in [9.17, 15) is 9.90 Å². The normalized spacial score (nSPS) is 24.4. The van der Waals surface area contributed by atoms with Gasteiger partial charge < -0.3 is 20.6 Å². The summed E-state index contributed by atoms with van der Waals surface area (Å²) in [5.74, 6) is 0.849. The van der Waals surface area contributed by atoms with Crippen molar-refractivity contribution in [2.75, 3.05) is 26.2 Å². The first-order chi connectivity index (χ1) is 11.9. The fourth-order valence-corrected chi connectivity index (χ4v) is 3.96. The van der Waals surface area contributed by atoms with Gasteiger partial charge in [-0.25, -0.2) is 4.79 Å². The number of rotatable bonds is 6. The van der Waals surface area contributed by atoms with E-state index in [2.05, 4.69) is 20.6 Å². The van der Waals surface area contributed by atoms with E-state index >= 15 is 0 Å². The Labute approximate surface area is 149 Å². The van der Waals surface area contributed by atoms with Crippen LogP contribution in [0.25, 0.3) is 0 Å². The van der Waals surface area contributed by atoms with Crippen LogP contribution in [0.15, 0.2) is 12.4 Å². The monoisotopic (exact) mass is 349 g/mol. The Bertz CT molecular complexity index is 580. The fraction of sp³-hybridized carbons (Fsp3) is 0.778. The average Bonchev–Trinajstić information content (AvgIpc) is 3.29. The molecule has 0 spiro atoms. The van der Waals surface area contributed by atoms with E-state index in [4.69, 9.17) is 0 Å². The Balaban J connectivity index is 1.39. The number of nitrogens with one attached hydrogen (secondary N) is 2. The quantitative estimate of drug-likeness (QED) is 0.720. The van der Waals surface area contributed by atoms with Crippen LogP contribution in [0.2, 0.25) is 0 Å². The molecule has 2 fully saturated rings. The standard InChI is InChI=1S/C18H31N5O2/c1-18(25,15-9-20-22(2)11-15)13-19-17(24)21-16-7-8-23(12-16)10-14-5-3-4-6-14/h9,11,14,16,25H,3-8,10,12-13H2,1-2H3,(H2,19,21,24)/t16-,18-/m0/s1. The Morgan fingerprint density at radius 2 is 2.16 bits per heavy atom. The second-order valence-corrected chi connectivity index (χ2v) is 7.90. The fourth-order valence-electron chi connectivity index (χ4n) is 3.96. The molecule has 1 saturated carbocycles. The third-order valence-corrected chi connectivity index (χ3v) is 5.52. The van der Waals surface area contributed by atoms with Gasteiger partial charge in [-0.3, -0.25) is 4.68 Å². The summed E-state index contributed by atoms with van der Waals surface area (Å²) in [4.78, 5) is 14.6. The molecule has 7 nitrogen and oxygen atoms in total. The zero-order chi connectivity index (χ0) is 17.9. The number of aryl methyl sites for hydroxylation is 1. The maximum Gasteiger partial charge on any atom is 0.315 e. The van der Waals surface area contributed by atoms with E-state index in [-0.39, 0.29) is 18.6 Å². The van der Waals surface area contributed by atoms with Crippen molar-refractivity contribution < 1.29 is 9.90 Å². The Hall–Kier alpha value is -1.60. The van der Waals surface area contributed by atoms with Crippen LogP contribution in [0, 0.1) is 5.92 Å². The Morgan fingerprint density at radius 3 is 2.84 bits per heavy atom. The van der Waals surface area contributed by atoms with Crippen LogP contribution < -0.4 is 10.6 Å². The molecule has 25 heavy (non-hydrogen) atoms. The van der Waals surface area contributed by atoms with Gasteiger partial charge >= 0.3 is 6.03 Å². The van der Waals surface area contributed by atoms with Crippen LogP contribution in [0.3, 0.4) is 0 Å². The minimum absolute atomic E-state index is 0.156. The minimum Gasteiger partial charge on any atom is -0.383 e. The van der Waals surface area contributed by atoms with Crippen LogP contribution in [0.5, 0.6) is 0 Å². The van der Waals surface area contributed by atoms with Gasteiger partial charge in [0.25, 0.3) is 0 Å². The van der Waals surface area contributed by atoms with Crippen molar-refractivity contribution in [3.63, 3.8) is 0 Å². The number of hydrogen-bond acceptors (Lipinski definition) is 4. The second kappa shape index (κ2) is 7.74. The van der Waals surface area contributed by atoms with Crippen LogP contribution >= 0.6 is 0 Å². The first-order valence-corrected chi connectivity index (χ1v) is 9.40. The lowest BCUT2D eigenvalue weighted by Gasteiger charge is -2.23. The third-order valence-electron chi connectivity index (χ3n) is 5.52. The summed E-state index contributed by atoms with van der Waals surface area (Å²) in [6.45, 7) is 5.01. The maximum absolute atomic E-state index is 12.2. The topological polar surface area (TPSA) is 82.4 Å². The van der Waals surface area contributed by atoms with Crippen molar-refractivity contribution in [2.45, 2.75) is 50.7 Å². The van der Waals surface area contributed by atoms with Gasteiger partial charge in [-0.15, -0.1) is 0 Å². The van der Waals surface area contributed by atoms with Crippen LogP contribution in [0.1, 0.15) is 44.6 Å². The number of nitrogens with zero attached hydrogens (tertiary/aromatic N) is 3. The summed E-state index contributed by atoms with van der Waals surface area (Å²) in [5.41, 5.74) is -0.436. The predicted octanol–water partition coefficient (Wildman–Crippen LogP) is 1.19. The molecule has 0 radical (unpaired) electrons. The van der Waals surface area contributed by atoms with Crippen molar-refractivity contribution in [3.05, 3.63) is 18.0 Å². The molecule has 1 saturated heterocycles. The lowest BCUT2D eigenvalue weighted by atomic mass is 10.00. The highest BCUT2D eigenvalue weighted by molar-refractivity contribution is 5.74. The molecule has 7 heteroatoms. The highest BCUT2D eigenvalue weighted by Gasteiger charge is 2.28. The highest BCUT2D eigenvalue weighted by Crippen LogP contribution is 2.26. The third kappa shape index (κ3) is 4.95. The Kier molecular flexibility index (Phi) is 5.64. The predicted molar refractivity (Wildman–Crippen MR) is 96.1 cm³/mol. The SMILES string of the molecule is Cn1cc([C@@](C)(O)CNC(=O)N[C@H]2CCN(CC3CCCC3)C2)cn1. The number of likely N-dealkylation sites (tertiary alicyclic amines) is 1. The molecule has 2 aliphatic rings.